The maximum absolute atomic E-state index is 6.32. The van der Waals surface area contributed by atoms with E-state index in [-0.39, 0.29) is 5.38 Å². The number of nitrogens with zero attached hydrogens (tertiary/aromatic N) is 1. The largest absolute Gasteiger partial charge is 0.493 e. The Hall–Kier alpha value is -1.74. The Labute approximate surface area is 112 Å². The Morgan fingerprint density at radius 2 is 2.00 bits per heavy atom. The van der Waals surface area contributed by atoms with Gasteiger partial charge in [0, 0.05) is 12.7 Å². The lowest BCUT2D eigenvalue weighted by Gasteiger charge is -2.13. The number of pyridine rings is 1. The van der Waals surface area contributed by atoms with Gasteiger partial charge in [-0.1, -0.05) is 30.3 Å². The van der Waals surface area contributed by atoms with Crippen molar-refractivity contribution in [2.45, 2.75) is 5.38 Å². The highest BCUT2D eigenvalue weighted by atomic mass is 35.5. The van der Waals surface area contributed by atoms with Crippen LogP contribution in [0.3, 0.4) is 0 Å². The van der Waals surface area contributed by atoms with Gasteiger partial charge in [0.2, 0.25) is 0 Å². The third-order valence-electron chi connectivity index (χ3n) is 2.60. The van der Waals surface area contributed by atoms with E-state index in [9.17, 15) is 0 Å². The first-order valence-corrected chi connectivity index (χ1v) is 6.17. The first-order chi connectivity index (χ1) is 8.81. The third-order valence-corrected chi connectivity index (χ3v) is 3.01. The number of ether oxygens (including phenoxy) is 1. The van der Waals surface area contributed by atoms with E-state index in [2.05, 4.69) is 10.3 Å². The summed E-state index contributed by atoms with van der Waals surface area (Å²) < 4.78 is 5.22. The number of benzene rings is 1. The molecule has 0 aliphatic heterocycles. The minimum absolute atomic E-state index is 0.0992. The van der Waals surface area contributed by atoms with Crippen LogP contribution in [-0.4, -0.2) is 18.6 Å². The number of alkyl halides is 1. The molecule has 2 aromatic rings. The topological polar surface area (TPSA) is 34.1 Å². The number of hydrogen-bond acceptors (Lipinski definition) is 3. The van der Waals surface area contributed by atoms with Crippen molar-refractivity contribution >= 4 is 17.4 Å². The van der Waals surface area contributed by atoms with Gasteiger partial charge in [-0.25, -0.2) is 4.98 Å². The molecule has 1 unspecified atom stereocenters. The molecule has 2 rings (SSSR count). The summed E-state index contributed by atoms with van der Waals surface area (Å²) in [6, 6.07) is 13.6. The normalized spacial score (nSPS) is 11.9. The van der Waals surface area contributed by atoms with Crippen molar-refractivity contribution in [2.24, 2.45) is 0 Å². The molecule has 0 amide bonds. The molecular weight excluding hydrogens is 248 g/mol. The first-order valence-electron chi connectivity index (χ1n) is 5.73. The number of nitrogens with one attached hydrogen (secondary N) is 1. The minimum atomic E-state index is -0.0992. The summed E-state index contributed by atoms with van der Waals surface area (Å²) in [5, 5.41) is 3.10. The van der Waals surface area contributed by atoms with Crippen LogP contribution in [0, 0.1) is 0 Å². The predicted octanol–water partition coefficient (Wildman–Crippen LogP) is 3.48. The predicted molar refractivity (Wildman–Crippen MR) is 74.3 cm³/mol. The molecule has 0 bridgehead atoms. The standard InChI is InChI=1S/C14H15ClN2O/c1-18-13-8-5-9-16-14(13)17-10-12(15)11-6-3-2-4-7-11/h2-9,12H,10H2,1H3,(H,16,17). The van der Waals surface area contributed by atoms with Crippen LogP contribution in [0.2, 0.25) is 0 Å². The first kappa shape index (κ1) is 12.7. The summed E-state index contributed by atoms with van der Waals surface area (Å²) in [5.74, 6) is 1.43. The molecule has 0 spiro atoms. The molecule has 94 valence electrons. The molecule has 1 aromatic heterocycles. The van der Waals surface area contributed by atoms with E-state index in [4.69, 9.17) is 16.3 Å². The van der Waals surface area contributed by atoms with Gasteiger partial charge in [0.25, 0.3) is 0 Å². The quantitative estimate of drug-likeness (QED) is 0.838. The molecule has 0 aliphatic rings. The molecule has 1 heterocycles. The van der Waals surface area contributed by atoms with E-state index in [0.717, 1.165) is 11.3 Å². The van der Waals surface area contributed by atoms with Gasteiger partial charge in [-0.15, -0.1) is 11.6 Å². The number of rotatable bonds is 5. The Bertz CT molecular complexity index is 490. The second-order valence-corrected chi connectivity index (χ2v) is 4.34. The number of hydrogen-bond donors (Lipinski definition) is 1. The lowest BCUT2D eigenvalue weighted by Crippen LogP contribution is -2.10. The molecule has 1 N–H and O–H groups in total. The second kappa shape index (κ2) is 6.26. The molecule has 0 saturated carbocycles. The van der Waals surface area contributed by atoms with Crippen LogP contribution < -0.4 is 10.1 Å². The second-order valence-electron chi connectivity index (χ2n) is 3.81. The highest BCUT2D eigenvalue weighted by Gasteiger charge is 2.09. The van der Waals surface area contributed by atoms with Crippen molar-refractivity contribution in [3.8, 4) is 5.75 Å². The lowest BCUT2D eigenvalue weighted by atomic mass is 10.1. The van der Waals surface area contributed by atoms with Crippen LogP contribution in [0.4, 0.5) is 5.82 Å². The van der Waals surface area contributed by atoms with Gasteiger partial charge >= 0.3 is 0 Å². The van der Waals surface area contributed by atoms with Crippen molar-refractivity contribution in [3.05, 3.63) is 54.2 Å². The van der Waals surface area contributed by atoms with Gasteiger partial charge in [0.15, 0.2) is 11.6 Å². The van der Waals surface area contributed by atoms with Gasteiger partial charge < -0.3 is 10.1 Å². The van der Waals surface area contributed by atoms with Crippen molar-refractivity contribution in [2.75, 3.05) is 19.0 Å². The fourth-order valence-electron chi connectivity index (χ4n) is 1.65. The molecular formula is C14H15ClN2O. The Balaban J connectivity index is 1.99. The summed E-state index contributed by atoms with van der Waals surface area (Å²) in [5.41, 5.74) is 1.08. The highest BCUT2D eigenvalue weighted by Crippen LogP contribution is 2.24. The summed E-state index contributed by atoms with van der Waals surface area (Å²) in [7, 11) is 1.62. The van der Waals surface area contributed by atoms with E-state index in [0.29, 0.717) is 12.4 Å². The molecule has 0 fully saturated rings. The van der Waals surface area contributed by atoms with Crippen LogP contribution in [-0.2, 0) is 0 Å². The lowest BCUT2D eigenvalue weighted by molar-refractivity contribution is 0.415. The van der Waals surface area contributed by atoms with Gasteiger partial charge in [-0.3, -0.25) is 0 Å². The number of halogens is 1. The molecule has 0 radical (unpaired) electrons. The van der Waals surface area contributed by atoms with Crippen molar-refractivity contribution in [1.82, 2.24) is 4.98 Å². The Kier molecular flexibility index (Phi) is 4.42. The minimum Gasteiger partial charge on any atom is -0.493 e. The van der Waals surface area contributed by atoms with Gasteiger partial charge in [-0.2, -0.15) is 0 Å². The zero-order valence-corrected chi connectivity index (χ0v) is 10.9. The van der Waals surface area contributed by atoms with Crippen molar-refractivity contribution in [1.29, 1.82) is 0 Å². The van der Waals surface area contributed by atoms with Crippen LogP contribution in [0.5, 0.6) is 5.75 Å². The van der Waals surface area contributed by atoms with Crippen LogP contribution >= 0.6 is 11.6 Å². The summed E-state index contributed by atoms with van der Waals surface area (Å²) in [6.07, 6.45) is 1.72. The van der Waals surface area contributed by atoms with Gasteiger partial charge in [0.05, 0.1) is 12.5 Å². The Morgan fingerprint density at radius 1 is 1.22 bits per heavy atom. The smallest absolute Gasteiger partial charge is 0.168 e. The maximum atomic E-state index is 6.32. The summed E-state index contributed by atoms with van der Waals surface area (Å²) in [6.45, 7) is 0.596. The molecule has 1 aromatic carbocycles. The van der Waals surface area contributed by atoms with E-state index >= 15 is 0 Å². The van der Waals surface area contributed by atoms with E-state index in [1.807, 2.05) is 42.5 Å². The highest BCUT2D eigenvalue weighted by molar-refractivity contribution is 6.21. The average molecular weight is 263 g/mol. The van der Waals surface area contributed by atoms with Crippen molar-refractivity contribution < 1.29 is 4.74 Å². The number of anilines is 1. The molecule has 1 atom stereocenters. The maximum Gasteiger partial charge on any atom is 0.168 e. The number of aromatic nitrogens is 1. The van der Waals surface area contributed by atoms with E-state index in [1.54, 1.807) is 13.3 Å². The van der Waals surface area contributed by atoms with E-state index in [1.165, 1.54) is 0 Å². The zero-order chi connectivity index (χ0) is 12.8. The van der Waals surface area contributed by atoms with Crippen LogP contribution in [0.15, 0.2) is 48.7 Å². The SMILES string of the molecule is COc1cccnc1NCC(Cl)c1ccccc1. The average Bonchev–Trinajstić information content (AvgIpc) is 2.46. The van der Waals surface area contributed by atoms with Crippen LogP contribution in [0.1, 0.15) is 10.9 Å². The zero-order valence-electron chi connectivity index (χ0n) is 10.1. The fourth-order valence-corrected chi connectivity index (χ4v) is 1.88. The van der Waals surface area contributed by atoms with Gasteiger partial charge in [0.1, 0.15) is 0 Å². The summed E-state index contributed by atoms with van der Waals surface area (Å²) >= 11 is 6.32. The molecule has 0 saturated heterocycles. The molecule has 0 aliphatic carbocycles. The molecule has 3 nitrogen and oxygen atoms in total. The number of methoxy groups -OCH3 is 1. The summed E-state index contributed by atoms with van der Waals surface area (Å²) in [4.78, 5) is 4.22. The third kappa shape index (κ3) is 3.14. The fraction of sp³-hybridized carbons (Fsp3) is 0.214. The van der Waals surface area contributed by atoms with Crippen LogP contribution in [0.25, 0.3) is 0 Å². The monoisotopic (exact) mass is 262 g/mol. The van der Waals surface area contributed by atoms with Crippen molar-refractivity contribution in [3.63, 3.8) is 0 Å². The molecule has 18 heavy (non-hydrogen) atoms. The van der Waals surface area contributed by atoms with Gasteiger partial charge in [-0.05, 0) is 17.7 Å². The van der Waals surface area contributed by atoms with E-state index < -0.39 is 0 Å². The molecule has 4 heteroatoms. The Morgan fingerprint density at radius 3 is 2.72 bits per heavy atom.